The Hall–Kier alpha value is -0.760. The Kier molecular flexibility index (Phi) is 1.93. The van der Waals surface area contributed by atoms with Crippen LogP contribution in [0.3, 0.4) is 0 Å². The van der Waals surface area contributed by atoms with Gasteiger partial charge in [-0.2, -0.15) is 0 Å². The minimum Gasteiger partial charge on any atom is -0.469 e. The molecule has 1 aromatic heterocycles. The van der Waals surface area contributed by atoms with Gasteiger partial charge in [-0.25, -0.2) is 0 Å². The van der Waals surface area contributed by atoms with Crippen molar-refractivity contribution in [2.75, 3.05) is 0 Å². The molecule has 0 bridgehead atoms. The van der Waals surface area contributed by atoms with Crippen LogP contribution in [-0.4, -0.2) is 0 Å². The summed E-state index contributed by atoms with van der Waals surface area (Å²) in [4.78, 5) is 0. The Morgan fingerprint density at radius 3 is 3.25 bits per heavy atom. The van der Waals surface area contributed by atoms with Crippen molar-refractivity contribution in [3.63, 3.8) is 0 Å². The van der Waals surface area contributed by atoms with Gasteiger partial charge in [-0.15, -0.1) is 0 Å². The Labute approximate surface area is 72.7 Å². The molecule has 0 spiro atoms. The zero-order chi connectivity index (χ0) is 8.55. The Balaban J connectivity index is 2.29. The van der Waals surface area contributed by atoms with E-state index in [9.17, 15) is 0 Å². The average molecular weight is 165 g/mol. The summed E-state index contributed by atoms with van der Waals surface area (Å²) in [7, 11) is 0. The summed E-state index contributed by atoms with van der Waals surface area (Å²) in [5.74, 6) is 1.75. The molecule has 2 nitrogen and oxygen atoms in total. The average Bonchev–Trinajstić information content (AvgIpc) is 2.53. The Bertz CT molecular complexity index is 267. The summed E-state index contributed by atoms with van der Waals surface area (Å²) in [5, 5.41) is 0. The van der Waals surface area contributed by atoms with Gasteiger partial charge in [-0.1, -0.05) is 13.3 Å². The van der Waals surface area contributed by atoms with Crippen LogP contribution in [0.1, 0.15) is 37.1 Å². The second-order valence-electron chi connectivity index (χ2n) is 3.53. The fourth-order valence-electron chi connectivity index (χ4n) is 2.06. The third-order valence-electron chi connectivity index (χ3n) is 2.91. The van der Waals surface area contributed by atoms with Crippen molar-refractivity contribution in [2.45, 2.75) is 32.2 Å². The van der Waals surface area contributed by atoms with Gasteiger partial charge in [0, 0.05) is 18.0 Å². The molecular formula is C10H15NO. The molecule has 0 aromatic carbocycles. The van der Waals surface area contributed by atoms with E-state index >= 15 is 0 Å². The van der Waals surface area contributed by atoms with E-state index in [0.717, 1.165) is 12.2 Å². The fraction of sp³-hybridized carbons (Fsp3) is 0.600. The molecule has 2 N–H and O–H groups in total. The van der Waals surface area contributed by atoms with Crippen LogP contribution in [0.5, 0.6) is 0 Å². The van der Waals surface area contributed by atoms with E-state index in [1.807, 2.05) is 6.07 Å². The smallest absolute Gasteiger partial charge is 0.108 e. The molecule has 1 heterocycles. The Morgan fingerprint density at radius 1 is 1.67 bits per heavy atom. The van der Waals surface area contributed by atoms with E-state index in [2.05, 4.69) is 6.92 Å². The van der Waals surface area contributed by atoms with Crippen LogP contribution in [0, 0.1) is 5.92 Å². The highest BCUT2D eigenvalue weighted by molar-refractivity contribution is 5.24. The summed E-state index contributed by atoms with van der Waals surface area (Å²) in [6, 6.07) is 2.22. The molecule has 2 heteroatoms. The number of fused-ring (bicyclic) bond motifs is 1. The molecule has 0 amide bonds. The zero-order valence-corrected chi connectivity index (χ0v) is 7.42. The highest BCUT2D eigenvalue weighted by atomic mass is 16.3. The number of nitrogens with two attached hydrogens (primary N) is 1. The first-order chi connectivity index (χ1) is 5.83. The van der Waals surface area contributed by atoms with Crippen LogP contribution in [0.4, 0.5) is 0 Å². The quantitative estimate of drug-likeness (QED) is 0.693. The van der Waals surface area contributed by atoms with Crippen molar-refractivity contribution in [3.8, 4) is 0 Å². The molecule has 1 aliphatic rings. The molecular weight excluding hydrogens is 150 g/mol. The molecule has 12 heavy (non-hydrogen) atoms. The molecule has 1 aliphatic carbocycles. The van der Waals surface area contributed by atoms with Crippen molar-refractivity contribution in [2.24, 2.45) is 11.7 Å². The van der Waals surface area contributed by atoms with Gasteiger partial charge in [-0.05, 0) is 18.4 Å². The van der Waals surface area contributed by atoms with Gasteiger partial charge in [0.05, 0.1) is 6.26 Å². The summed E-state index contributed by atoms with van der Waals surface area (Å²) < 4.78 is 5.34. The van der Waals surface area contributed by atoms with Gasteiger partial charge in [0.2, 0.25) is 0 Å². The van der Waals surface area contributed by atoms with Gasteiger partial charge in [0.1, 0.15) is 5.76 Å². The number of aryl methyl sites for hydroxylation is 1. The van der Waals surface area contributed by atoms with Crippen LogP contribution in [0.15, 0.2) is 16.7 Å². The third-order valence-corrected chi connectivity index (χ3v) is 2.91. The van der Waals surface area contributed by atoms with Crippen LogP contribution in [0.25, 0.3) is 0 Å². The van der Waals surface area contributed by atoms with Crippen LogP contribution in [-0.2, 0) is 6.42 Å². The van der Waals surface area contributed by atoms with E-state index in [-0.39, 0.29) is 6.04 Å². The summed E-state index contributed by atoms with van der Waals surface area (Å²) in [5.41, 5.74) is 7.32. The summed E-state index contributed by atoms with van der Waals surface area (Å²) in [6.45, 7) is 2.20. The highest BCUT2D eigenvalue weighted by Gasteiger charge is 2.26. The number of rotatable bonds is 1. The maximum absolute atomic E-state index is 6.09. The van der Waals surface area contributed by atoms with Crippen LogP contribution >= 0.6 is 0 Å². The van der Waals surface area contributed by atoms with Gasteiger partial charge in [-0.3, -0.25) is 0 Å². The topological polar surface area (TPSA) is 39.2 Å². The molecule has 2 rings (SSSR count). The van der Waals surface area contributed by atoms with E-state index in [0.29, 0.717) is 5.92 Å². The molecule has 0 unspecified atom stereocenters. The lowest BCUT2D eigenvalue weighted by Crippen LogP contribution is -2.25. The summed E-state index contributed by atoms with van der Waals surface area (Å²) >= 11 is 0. The van der Waals surface area contributed by atoms with Gasteiger partial charge in [0.25, 0.3) is 0 Å². The van der Waals surface area contributed by atoms with Crippen molar-refractivity contribution >= 4 is 0 Å². The predicted octanol–water partition coefficient (Wildman–Crippen LogP) is 2.25. The van der Waals surface area contributed by atoms with Crippen molar-refractivity contribution < 1.29 is 4.42 Å². The predicted molar refractivity (Wildman–Crippen MR) is 47.7 cm³/mol. The molecule has 0 fully saturated rings. The Morgan fingerprint density at radius 2 is 2.50 bits per heavy atom. The number of hydrogen-bond acceptors (Lipinski definition) is 2. The second-order valence-corrected chi connectivity index (χ2v) is 3.53. The second kappa shape index (κ2) is 2.94. The molecule has 1 aromatic rings. The lowest BCUT2D eigenvalue weighted by atomic mass is 9.82. The minimum atomic E-state index is 0.206. The molecule has 0 radical (unpaired) electrons. The van der Waals surface area contributed by atoms with E-state index in [4.69, 9.17) is 10.2 Å². The van der Waals surface area contributed by atoms with Gasteiger partial charge < -0.3 is 10.2 Å². The maximum Gasteiger partial charge on any atom is 0.108 e. The molecule has 66 valence electrons. The van der Waals surface area contributed by atoms with Crippen LogP contribution in [0.2, 0.25) is 0 Å². The van der Waals surface area contributed by atoms with Crippen molar-refractivity contribution in [1.29, 1.82) is 0 Å². The lowest BCUT2D eigenvalue weighted by molar-refractivity contribution is 0.340. The maximum atomic E-state index is 6.09. The minimum absolute atomic E-state index is 0.206. The number of hydrogen-bond donors (Lipinski definition) is 1. The standard InChI is InChI=1S/C10H15NO/c1-2-7-3-4-9-8(10(7)11)5-6-12-9/h5-7,10H,2-4,11H2,1H3/t7-,10+/m1/s1. The van der Waals surface area contributed by atoms with Crippen LogP contribution < -0.4 is 5.73 Å². The van der Waals surface area contributed by atoms with Gasteiger partial charge in [0.15, 0.2) is 0 Å². The molecule has 0 saturated heterocycles. The first-order valence-corrected chi connectivity index (χ1v) is 4.64. The fourth-order valence-corrected chi connectivity index (χ4v) is 2.06. The van der Waals surface area contributed by atoms with Gasteiger partial charge >= 0.3 is 0 Å². The third kappa shape index (κ3) is 1.07. The highest BCUT2D eigenvalue weighted by Crippen LogP contribution is 2.34. The zero-order valence-electron chi connectivity index (χ0n) is 7.42. The molecule has 0 aliphatic heterocycles. The van der Waals surface area contributed by atoms with Crippen molar-refractivity contribution in [3.05, 3.63) is 23.7 Å². The lowest BCUT2D eigenvalue weighted by Gasteiger charge is -2.26. The molecule has 0 saturated carbocycles. The largest absolute Gasteiger partial charge is 0.469 e. The molecule has 2 atom stereocenters. The summed E-state index contributed by atoms with van der Waals surface area (Å²) in [6.07, 6.45) is 5.17. The van der Waals surface area contributed by atoms with E-state index in [1.165, 1.54) is 18.4 Å². The van der Waals surface area contributed by atoms with E-state index in [1.54, 1.807) is 6.26 Å². The SMILES string of the molecule is CC[C@@H]1CCc2occc2[C@H]1N. The van der Waals surface area contributed by atoms with Crippen molar-refractivity contribution in [1.82, 2.24) is 0 Å². The first kappa shape index (κ1) is 7.87. The normalized spacial score (nSPS) is 28.5. The van der Waals surface area contributed by atoms with E-state index < -0.39 is 0 Å². The number of furan rings is 1. The monoisotopic (exact) mass is 165 g/mol. The first-order valence-electron chi connectivity index (χ1n) is 4.64.